The van der Waals surface area contributed by atoms with Gasteiger partial charge in [-0.1, -0.05) is 72.3 Å². The number of carbonyl (C=O) groups is 2. The van der Waals surface area contributed by atoms with E-state index in [0.717, 1.165) is 38.3 Å². The smallest absolute Gasteiger partial charge is 0.412 e. The predicted octanol–water partition coefficient (Wildman–Crippen LogP) is 8.48. The van der Waals surface area contributed by atoms with E-state index < -0.39 is 23.6 Å². The number of carbonyl (C=O) groups excluding carboxylic acids is 1. The monoisotopic (exact) mass is 561 g/mol. The van der Waals surface area contributed by atoms with Crippen LogP contribution in [0.25, 0.3) is 21.6 Å². The number of thiophene rings is 1. The Balaban J connectivity index is 1.37. The molecule has 1 atom stereocenters. The summed E-state index contributed by atoms with van der Waals surface area (Å²) in [7, 11) is 1.60. The van der Waals surface area contributed by atoms with Gasteiger partial charge in [0, 0.05) is 5.56 Å². The maximum absolute atomic E-state index is 12.8. The van der Waals surface area contributed by atoms with Crippen LogP contribution in [-0.4, -0.2) is 24.3 Å². The molecule has 2 N–H and O–H groups in total. The van der Waals surface area contributed by atoms with E-state index in [1.807, 2.05) is 80.6 Å². The maximum Gasteiger partial charge on any atom is 0.412 e. The molecule has 0 spiro atoms. The summed E-state index contributed by atoms with van der Waals surface area (Å²) in [6.45, 7) is 3.82. The van der Waals surface area contributed by atoms with Gasteiger partial charge in [0.05, 0.1) is 27.4 Å². The summed E-state index contributed by atoms with van der Waals surface area (Å²) in [4.78, 5) is 25.2. The van der Waals surface area contributed by atoms with Crippen LogP contribution in [0.3, 0.4) is 0 Å². The molecule has 0 saturated heterocycles. The number of hydrogen-bond acceptors (Lipinski definition) is 5. The summed E-state index contributed by atoms with van der Waals surface area (Å²) < 4.78 is 11.9. The number of carboxylic acid groups (broad SMARTS) is 1. The molecule has 1 unspecified atom stereocenters. The van der Waals surface area contributed by atoms with Crippen LogP contribution in [0, 0.1) is 6.92 Å². The average Bonchev–Trinajstić information content (AvgIpc) is 3.66. The molecule has 6 nitrogen and oxygen atoms in total. The molecule has 1 aromatic heterocycles. The molecule has 200 valence electrons. The highest BCUT2D eigenvalue weighted by Crippen LogP contribution is 2.49. The molecule has 5 rings (SSSR count). The Kier molecular flexibility index (Phi) is 7.38. The maximum atomic E-state index is 12.8. The molecule has 4 aromatic rings. The lowest BCUT2D eigenvalue weighted by molar-refractivity contribution is -0.140. The van der Waals surface area contributed by atoms with Crippen LogP contribution in [0.15, 0.2) is 72.8 Å². The van der Waals surface area contributed by atoms with Crippen molar-refractivity contribution in [2.75, 3.05) is 12.4 Å². The Hall–Kier alpha value is -3.81. The SMILES string of the molecule is COc1cc(-c2sc(Cl)cc2NC(=O)OC(C)c2ccccc2C)ccc1-c1ccc(C2(C(=O)O)CC2)cc1. The number of carboxylic acids is 1. The van der Waals surface area contributed by atoms with Gasteiger partial charge in [0.1, 0.15) is 11.9 Å². The quantitative estimate of drug-likeness (QED) is 0.225. The van der Waals surface area contributed by atoms with E-state index in [2.05, 4.69) is 5.32 Å². The van der Waals surface area contributed by atoms with Crippen LogP contribution in [0.1, 0.15) is 42.6 Å². The highest BCUT2D eigenvalue weighted by Gasteiger charge is 2.51. The Labute approximate surface area is 236 Å². The van der Waals surface area contributed by atoms with E-state index in [4.69, 9.17) is 21.1 Å². The van der Waals surface area contributed by atoms with Gasteiger partial charge in [0.15, 0.2) is 0 Å². The number of anilines is 1. The third kappa shape index (κ3) is 5.37. The second-order valence-electron chi connectivity index (χ2n) is 9.70. The molecule has 8 heteroatoms. The van der Waals surface area contributed by atoms with Gasteiger partial charge in [-0.2, -0.15) is 0 Å². The van der Waals surface area contributed by atoms with Gasteiger partial charge in [0.25, 0.3) is 0 Å². The van der Waals surface area contributed by atoms with Gasteiger partial charge >= 0.3 is 12.1 Å². The zero-order chi connectivity index (χ0) is 27.7. The molecule has 1 heterocycles. The van der Waals surface area contributed by atoms with Crippen molar-refractivity contribution in [2.24, 2.45) is 0 Å². The Bertz CT molecular complexity index is 1540. The molecule has 0 aliphatic heterocycles. The summed E-state index contributed by atoms with van der Waals surface area (Å²) in [5.41, 5.74) is 5.24. The molecular weight excluding hydrogens is 534 g/mol. The number of amides is 1. The minimum absolute atomic E-state index is 0.417. The van der Waals surface area contributed by atoms with Crippen molar-refractivity contribution in [1.82, 2.24) is 0 Å². The Morgan fingerprint density at radius 3 is 2.36 bits per heavy atom. The highest BCUT2D eigenvalue weighted by molar-refractivity contribution is 7.20. The first kappa shape index (κ1) is 26.8. The number of rotatable bonds is 8. The normalized spacial score (nSPS) is 14.4. The van der Waals surface area contributed by atoms with Gasteiger partial charge < -0.3 is 14.6 Å². The van der Waals surface area contributed by atoms with Crippen LogP contribution in [0.4, 0.5) is 10.5 Å². The number of hydrogen-bond donors (Lipinski definition) is 2. The highest BCUT2D eigenvalue weighted by atomic mass is 35.5. The molecule has 1 aliphatic rings. The molecular formula is C31H28ClNO5S. The van der Waals surface area contributed by atoms with Crippen LogP contribution in [0.5, 0.6) is 5.75 Å². The molecule has 39 heavy (non-hydrogen) atoms. The van der Waals surface area contributed by atoms with Crippen molar-refractivity contribution in [1.29, 1.82) is 0 Å². The van der Waals surface area contributed by atoms with E-state index in [-0.39, 0.29) is 0 Å². The number of ether oxygens (including phenoxy) is 2. The Morgan fingerprint density at radius 2 is 1.72 bits per heavy atom. The lowest BCUT2D eigenvalue weighted by Gasteiger charge is -2.16. The number of halogens is 1. The zero-order valence-electron chi connectivity index (χ0n) is 21.8. The van der Waals surface area contributed by atoms with Gasteiger partial charge in [0.2, 0.25) is 0 Å². The first-order chi connectivity index (χ1) is 18.7. The molecule has 3 aromatic carbocycles. The van der Waals surface area contributed by atoms with E-state index in [1.54, 1.807) is 13.2 Å². The van der Waals surface area contributed by atoms with Crippen LogP contribution >= 0.6 is 22.9 Å². The topological polar surface area (TPSA) is 84.9 Å². The first-order valence-corrected chi connectivity index (χ1v) is 13.8. The molecule has 1 saturated carbocycles. The van der Waals surface area contributed by atoms with Gasteiger partial charge in [-0.05, 0) is 66.6 Å². The molecule has 0 radical (unpaired) electrons. The predicted molar refractivity (Wildman–Crippen MR) is 155 cm³/mol. The van der Waals surface area contributed by atoms with Gasteiger partial charge in [-0.25, -0.2) is 4.79 Å². The van der Waals surface area contributed by atoms with Crippen molar-refractivity contribution in [3.05, 3.63) is 93.8 Å². The fraction of sp³-hybridized carbons (Fsp3) is 0.226. The minimum atomic E-state index is -0.773. The number of nitrogens with one attached hydrogen (secondary N) is 1. The summed E-state index contributed by atoms with van der Waals surface area (Å²) in [5.74, 6) is -0.129. The van der Waals surface area contributed by atoms with Crippen LogP contribution < -0.4 is 10.1 Å². The van der Waals surface area contributed by atoms with E-state index in [9.17, 15) is 14.7 Å². The molecule has 1 aliphatic carbocycles. The molecule has 1 amide bonds. The molecule has 0 bridgehead atoms. The van der Waals surface area contributed by atoms with Crippen LogP contribution in [-0.2, 0) is 14.9 Å². The van der Waals surface area contributed by atoms with Crippen molar-refractivity contribution in [3.63, 3.8) is 0 Å². The number of benzene rings is 3. The number of aryl methyl sites for hydroxylation is 1. The number of aliphatic carboxylic acids is 1. The van der Waals surface area contributed by atoms with Crippen molar-refractivity contribution >= 4 is 40.7 Å². The number of methoxy groups -OCH3 is 1. The van der Waals surface area contributed by atoms with Gasteiger partial charge in [-0.3, -0.25) is 10.1 Å². The molecule has 1 fully saturated rings. The Morgan fingerprint density at radius 1 is 1.03 bits per heavy atom. The lowest BCUT2D eigenvalue weighted by atomic mass is 9.93. The summed E-state index contributed by atoms with van der Waals surface area (Å²) in [6.07, 6.45) is 0.343. The first-order valence-electron chi connectivity index (χ1n) is 12.6. The van der Waals surface area contributed by atoms with Crippen molar-refractivity contribution in [2.45, 2.75) is 38.2 Å². The van der Waals surface area contributed by atoms with E-state index in [1.165, 1.54) is 11.3 Å². The second kappa shape index (κ2) is 10.8. The second-order valence-corrected chi connectivity index (χ2v) is 11.4. The van der Waals surface area contributed by atoms with E-state index in [0.29, 0.717) is 28.6 Å². The zero-order valence-corrected chi connectivity index (χ0v) is 23.4. The van der Waals surface area contributed by atoms with Crippen LogP contribution in [0.2, 0.25) is 4.34 Å². The fourth-order valence-corrected chi connectivity index (χ4v) is 6.04. The third-order valence-electron chi connectivity index (χ3n) is 7.22. The minimum Gasteiger partial charge on any atom is -0.496 e. The third-order valence-corrected chi connectivity index (χ3v) is 8.53. The fourth-order valence-electron chi connectivity index (χ4n) is 4.87. The summed E-state index contributed by atoms with van der Waals surface area (Å²) in [5, 5.41) is 12.4. The van der Waals surface area contributed by atoms with Gasteiger partial charge in [-0.15, -0.1) is 11.3 Å². The van der Waals surface area contributed by atoms with E-state index >= 15 is 0 Å². The lowest BCUT2D eigenvalue weighted by Crippen LogP contribution is -2.19. The standard InChI is InChI=1S/C31H28ClNO5S/c1-18-6-4-5-7-23(18)19(2)38-30(36)33-25-17-27(32)39-28(25)21-10-13-24(26(16-21)37-3)20-8-11-22(12-9-20)31(14-15-31)29(34)35/h4-13,16-17,19H,14-15H2,1-3H3,(H,33,36)(H,34,35). The average molecular weight is 562 g/mol. The summed E-state index contributed by atoms with van der Waals surface area (Å²) >= 11 is 7.70. The van der Waals surface area contributed by atoms with Crippen molar-refractivity contribution < 1.29 is 24.2 Å². The van der Waals surface area contributed by atoms with Crippen molar-refractivity contribution in [3.8, 4) is 27.3 Å². The summed E-state index contributed by atoms with van der Waals surface area (Å²) in [6, 6.07) is 22.9. The largest absolute Gasteiger partial charge is 0.496 e.